The summed E-state index contributed by atoms with van der Waals surface area (Å²) in [6.45, 7) is 0.382. The van der Waals surface area contributed by atoms with Crippen molar-refractivity contribution in [1.82, 2.24) is 4.90 Å². The van der Waals surface area contributed by atoms with Crippen molar-refractivity contribution < 1.29 is 19.5 Å². The lowest BCUT2D eigenvalue weighted by atomic mass is 10.1. The van der Waals surface area contributed by atoms with Crippen LogP contribution in [0.4, 0.5) is 5.69 Å². The number of carbonyl (C=O) groups excluding carboxylic acids is 2. The minimum absolute atomic E-state index is 0.0628. The predicted octanol–water partition coefficient (Wildman–Crippen LogP) is 1.56. The number of hydrogen-bond donors (Lipinski definition) is 2. The molecule has 0 radical (unpaired) electrons. The van der Waals surface area contributed by atoms with E-state index >= 15 is 0 Å². The van der Waals surface area contributed by atoms with E-state index in [0.717, 1.165) is 0 Å². The number of benzene rings is 1. The Kier molecular flexibility index (Phi) is 4.08. The lowest BCUT2D eigenvalue weighted by molar-refractivity contribution is -0.127. The fraction of sp³-hybridized carbons (Fsp3) is 0.308. The first-order valence-corrected chi connectivity index (χ1v) is 6.75. The van der Waals surface area contributed by atoms with E-state index in [9.17, 15) is 14.4 Å². The molecule has 1 aliphatic heterocycles. The summed E-state index contributed by atoms with van der Waals surface area (Å²) < 4.78 is 0.443. The van der Waals surface area contributed by atoms with Crippen LogP contribution >= 0.6 is 15.9 Å². The maximum absolute atomic E-state index is 12.0. The van der Waals surface area contributed by atoms with Crippen molar-refractivity contribution in [2.45, 2.75) is 6.42 Å². The molecule has 7 heteroatoms. The topological polar surface area (TPSA) is 86.7 Å². The Morgan fingerprint density at radius 2 is 2.15 bits per heavy atom. The van der Waals surface area contributed by atoms with Gasteiger partial charge in [0.1, 0.15) is 0 Å². The number of carbonyl (C=O) groups is 3. The molecule has 1 aliphatic rings. The molecule has 1 aromatic carbocycles. The molecular formula is C13H13BrN2O4. The maximum atomic E-state index is 12.0. The Hall–Kier alpha value is -1.89. The van der Waals surface area contributed by atoms with Crippen molar-refractivity contribution in [2.24, 2.45) is 5.92 Å². The van der Waals surface area contributed by atoms with Gasteiger partial charge in [0.15, 0.2) is 0 Å². The van der Waals surface area contributed by atoms with Crippen LogP contribution in [0.25, 0.3) is 0 Å². The van der Waals surface area contributed by atoms with E-state index < -0.39 is 11.9 Å². The molecule has 20 heavy (non-hydrogen) atoms. The Morgan fingerprint density at radius 1 is 1.45 bits per heavy atom. The van der Waals surface area contributed by atoms with E-state index in [1.807, 2.05) is 0 Å². The van der Waals surface area contributed by atoms with Crippen LogP contribution < -0.4 is 5.32 Å². The number of anilines is 1. The number of rotatable bonds is 3. The summed E-state index contributed by atoms with van der Waals surface area (Å²) in [5, 5.41) is 11.7. The monoisotopic (exact) mass is 340 g/mol. The molecule has 0 aliphatic carbocycles. The Bertz CT molecular complexity index is 588. The second-order valence-corrected chi connectivity index (χ2v) is 5.52. The fourth-order valence-electron chi connectivity index (χ4n) is 2.05. The zero-order valence-electron chi connectivity index (χ0n) is 10.7. The molecule has 2 amide bonds. The second kappa shape index (κ2) is 5.62. The summed E-state index contributed by atoms with van der Waals surface area (Å²) in [5.74, 6) is -1.82. The predicted molar refractivity (Wildman–Crippen MR) is 75.5 cm³/mol. The van der Waals surface area contributed by atoms with Gasteiger partial charge in [-0.2, -0.15) is 0 Å². The van der Waals surface area contributed by atoms with Gasteiger partial charge < -0.3 is 15.3 Å². The largest absolute Gasteiger partial charge is 0.478 e. The summed E-state index contributed by atoms with van der Waals surface area (Å²) in [4.78, 5) is 35.9. The quantitative estimate of drug-likeness (QED) is 0.874. The average Bonchev–Trinajstić information content (AvgIpc) is 2.72. The number of carboxylic acid groups (broad SMARTS) is 1. The van der Waals surface area contributed by atoms with Gasteiger partial charge in [0, 0.05) is 30.2 Å². The highest BCUT2D eigenvalue weighted by atomic mass is 79.9. The van der Waals surface area contributed by atoms with Crippen LogP contribution in [0.3, 0.4) is 0 Å². The zero-order valence-corrected chi connectivity index (χ0v) is 12.3. The third-order valence-corrected chi connectivity index (χ3v) is 3.87. The molecule has 0 saturated carbocycles. The smallest absolute Gasteiger partial charge is 0.336 e. The summed E-state index contributed by atoms with van der Waals surface area (Å²) in [6.07, 6.45) is 0.185. The first-order valence-electron chi connectivity index (χ1n) is 5.96. The summed E-state index contributed by atoms with van der Waals surface area (Å²) >= 11 is 3.13. The number of halogens is 1. The lowest BCUT2D eigenvalue weighted by Gasteiger charge is -2.11. The summed E-state index contributed by atoms with van der Waals surface area (Å²) in [7, 11) is 1.65. The van der Waals surface area contributed by atoms with Crippen molar-refractivity contribution in [1.29, 1.82) is 0 Å². The van der Waals surface area contributed by atoms with E-state index in [-0.39, 0.29) is 23.8 Å². The molecule has 0 aromatic heterocycles. The SMILES string of the molecule is CN1CC(C(=O)Nc2ccc(Br)c(C(=O)O)c2)CC1=O. The van der Waals surface area contributed by atoms with Crippen molar-refractivity contribution in [3.63, 3.8) is 0 Å². The number of amides is 2. The first-order chi connectivity index (χ1) is 9.38. The van der Waals surface area contributed by atoms with Crippen molar-refractivity contribution in [3.05, 3.63) is 28.2 Å². The maximum Gasteiger partial charge on any atom is 0.336 e. The van der Waals surface area contributed by atoms with Gasteiger partial charge in [-0.25, -0.2) is 4.79 Å². The van der Waals surface area contributed by atoms with Crippen LogP contribution in [-0.2, 0) is 9.59 Å². The van der Waals surface area contributed by atoms with Crippen molar-refractivity contribution in [3.8, 4) is 0 Å². The van der Waals surface area contributed by atoms with Crippen molar-refractivity contribution in [2.75, 3.05) is 18.9 Å². The highest BCUT2D eigenvalue weighted by Gasteiger charge is 2.32. The first kappa shape index (κ1) is 14.5. The third-order valence-electron chi connectivity index (χ3n) is 3.18. The van der Waals surface area contributed by atoms with E-state index in [1.165, 1.54) is 11.0 Å². The van der Waals surface area contributed by atoms with Crippen LogP contribution in [0.15, 0.2) is 22.7 Å². The second-order valence-electron chi connectivity index (χ2n) is 4.66. The summed E-state index contributed by atoms with van der Waals surface area (Å²) in [6, 6.07) is 4.55. The molecule has 1 atom stereocenters. The number of aromatic carboxylic acids is 1. The highest BCUT2D eigenvalue weighted by molar-refractivity contribution is 9.10. The molecule has 2 rings (SSSR count). The van der Waals surface area contributed by atoms with Gasteiger partial charge in [-0.15, -0.1) is 0 Å². The molecule has 106 valence electrons. The van der Waals surface area contributed by atoms with E-state index in [2.05, 4.69) is 21.2 Å². The molecule has 2 N–H and O–H groups in total. The Balaban J connectivity index is 2.11. The minimum Gasteiger partial charge on any atom is -0.478 e. The molecule has 6 nitrogen and oxygen atoms in total. The van der Waals surface area contributed by atoms with Crippen LogP contribution in [0.5, 0.6) is 0 Å². The third kappa shape index (κ3) is 2.98. The van der Waals surface area contributed by atoms with Crippen LogP contribution in [0, 0.1) is 5.92 Å². The molecule has 1 saturated heterocycles. The standard InChI is InChI=1S/C13H13BrN2O4/c1-16-6-7(4-11(16)17)12(18)15-8-2-3-10(14)9(5-8)13(19)20/h2-3,5,7H,4,6H2,1H3,(H,15,18)(H,19,20). The molecule has 1 unspecified atom stereocenters. The molecule has 1 aromatic rings. The van der Waals surface area contributed by atoms with Crippen LogP contribution in [-0.4, -0.2) is 41.4 Å². The lowest BCUT2D eigenvalue weighted by Crippen LogP contribution is -2.25. The molecular weight excluding hydrogens is 328 g/mol. The van der Waals surface area contributed by atoms with Gasteiger partial charge in [-0.1, -0.05) is 0 Å². The van der Waals surface area contributed by atoms with Gasteiger partial charge >= 0.3 is 5.97 Å². The molecule has 1 fully saturated rings. The van der Waals surface area contributed by atoms with E-state index in [1.54, 1.807) is 19.2 Å². The zero-order chi connectivity index (χ0) is 14.9. The van der Waals surface area contributed by atoms with E-state index in [4.69, 9.17) is 5.11 Å². The highest BCUT2D eigenvalue weighted by Crippen LogP contribution is 2.23. The average molecular weight is 341 g/mol. The minimum atomic E-state index is -1.08. The summed E-state index contributed by atoms with van der Waals surface area (Å²) in [5.41, 5.74) is 0.472. The Labute approximate surface area is 123 Å². The molecule has 0 spiro atoms. The van der Waals surface area contributed by atoms with Gasteiger partial charge in [-0.3, -0.25) is 9.59 Å². The number of hydrogen-bond acceptors (Lipinski definition) is 3. The van der Waals surface area contributed by atoms with Gasteiger partial charge in [0.05, 0.1) is 11.5 Å². The number of likely N-dealkylation sites (tertiary alicyclic amines) is 1. The Morgan fingerprint density at radius 3 is 2.70 bits per heavy atom. The number of nitrogens with one attached hydrogen (secondary N) is 1. The van der Waals surface area contributed by atoms with Crippen molar-refractivity contribution >= 4 is 39.4 Å². The van der Waals surface area contributed by atoms with Crippen LogP contribution in [0.1, 0.15) is 16.8 Å². The number of nitrogens with zero attached hydrogens (tertiary/aromatic N) is 1. The molecule has 0 bridgehead atoms. The van der Waals surface area contributed by atoms with E-state index in [0.29, 0.717) is 16.7 Å². The van der Waals surface area contributed by atoms with Crippen LogP contribution in [0.2, 0.25) is 0 Å². The van der Waals surface area contributed by atoms with Gasteiger partial charge in [0.2, 0.25) is 11.8 Å². The number of carboxylic acids is 1. The fourth-order valence-corrected chi connectivity index (χ4v) is 2.47. The van der Waals surface area contributed by atoms with Gasteiger partial charge in [-0.05, 0) is 34.1 Å². The molecule has 1 heterocycles. The van der Waals surface area contributed by atoms with Gasteiger partial charge in [0.25, 0.3) is 0 Å². The normalized spacial score (nSPS) is 18.2.